The molecule has 15 heavy (non-hydrogen) atoms. The summed E-state index contributed by atoms with van der Waals surface area (Å²) in [6, 6.07) is 4.22. The van der Waals surface area contributed by atoms with Crippen molar-refractivity contribution >= 4 is 0 Å². The maximum absolute atomic E-state index is 9.10. The molecule has 0 aliphatic heterocycles. The normalized spacial score (nSPS) is 14.5. The topological polar surface area (TPSA) is 53.6 Å². The van der Waals surface area contributed by atoms with Crippen LogP contribution < -0.4 is 5.32 Å². The maximum Gasteiger partial charge on any atom is 0.105 e. The first kappa shape index (κ1) is 11.7. The molecule has 1 unspecified atom stereocenters. The summed E-state index contributed by atoms with van der Waals surface area (Å²) in [6.07, 6.45) is 5.48. The molecule has 1 aromatic heterocycles. The van der Waals surface area contributed by atoms with Crippen molar-refractivity contribution < 1.29 is 0 Å². The van der Waals surface area contributed by atoms with Gasteiger partial charge in [-0.3, -0.25) is 10.00 Å². The highest BCUT2D eigenvalue weighted by molar-refractivity contribution is 5.03. The van der Waals surface area contributed by atoms with E-state index in [1.807, 2.05) is 23.9 Å². The predicted molar refractivity (Wildman–Crippen MR) is 59.2 cm³/mol. The van der Waals surface area contributed by atoms with E-state index in [4.69, 9.17) is 5.26 Å². The van der Waals surface area contributed by atoms with Crippen LogP contribution in [0, 0.1) is 11.3 Å². The van der Waals surface area contributed by atoms with Crippen LogP contribution in [0.1, 0.15) is 26.7 Å². The van der Waals surface area contributed by atoms with Crippen molar-refractivity contribution in [1.82, 2.24) is 15.1 Å². The lowest BCUT2D eigenvalue weighted by Crippen LogP contribution is -2.42. The zero-order valence-corrected chi connectivity index (χ0v) is 9.40. The third kappa shape index (κ3) is 3.72. The summed E-state index contributed by atoms with van der Waals surface area (Å²) < 4.78 is 1.85. The van der Waals surface area contributed by atoms with E-state index < -0.39 is 5.54 Å². The van der Waals surface area contributed by atoms with Gasteiger partial charge in [-0.1, -0.05) is 6.92 Å². The molecule has 1 atom stereocenters. The van der Waals surface area contributed by atoms with Crippen LogP contribution in [-0.4, -0.2) is 21.9 Å². The van der Waals surface area contributed by atoms with Gasteiger partial charge in [0.25, 0.3) is 0 Å². The van der Waals surface area contributed by atoms with Crippen LogP contribution in [0.4, 0.5) is 0 Å². The fourth-order valence-corrected chi connectivity index (χ4v) is 1.36. The van der Waals surface area contributed by atoms with E-state index in [1.165, 1.54) is 0 Å². The van der Waals surface area contributed by atoms with E-state index in [0.29, 0.717) is 0 Å². The van der Waals surface area contributed by atoms with Crippen LogP contribution >= 0.6 is 0 Å². The zero-order valence-electron chi connectivity index (χ0n) is 9.40. The molecule has 1 N–H and O–H groups in total. The molecular formula is C11H18N4. The average Bonchev–Trinajstić information content (AvgIpc) is 2.76. The summed E-state index contributed by atoms with van der Waals surface area (Å²) in [5.41, 5.74) is -0.442. The van der Waals surface area contributed by atoms with Crippen molar-refractivity contribution in [3.63, 3.8) is 0 Å². The Bertz CT molecular complexity index is 312. The summed E-state index contributed by atoms with van der Waals surface area (Å²) in [5, 5.41) is 16.5. The molecule has 1 heterocycles. The lowest BCUT2D eigenvalue weighted by atomic mass is 10.00. The third-order valence-electron chi connectivity index (χ3n) is 2.41. The summed E-state index contributed by atoms with van der Waals surface area (Å²) in [7, 11) is 0. The van der Waals surface area contributed by atoms with Gasteiger partial charge in [0.05, 0.1) is 6.07 Å². The third-order valence-corrected chi connectivity index (χ3v) is 2.41. The van der Waals surface area contributed by atoms with Crippen molar-refractivity contribution in [2.24, 2.45) is 0 Å². The lowest BCUT2D eigenvalue weighted by Gasteiger charge is -2.22. The van der Waals surface area contributed by atoms with Gasteiger partial charge in [-0.05, 0) is 32.4 Å². The standard InChI is InChI=1S/C11H18N4/c1-3-6-13-11(2,10-12)5-9-15-8-4-7-14-15/h4,7-8,13H,3,5-6,9H2,1-2H3. The van der Waals surface area contributed by atoms with Crippen LogP contribution in [0.2, 0.25) is 0 Å². The maximum atomic E-state index is 9.10. The van der Waals surface area contributed by atoms with Crippen molar-refractivity contribution in [3.05, 3.63) is 18.5 Å². The van der Waals surface area contributed by atoms with Gasteiger partial charge in [0.2, 0.25) is 0 Å². The summed E-state index contributed by atoms with van der Waals surface area (Å²) in [4.78, 5) is 0. The molecule has 1 aromatic rings. The SMILES string of the molecule is CCCNC(C)(C#N)CCn1cccn1. The van der Waals surface area contributed by atoms with Gasteiger partial charge in [-0.25, -0.2) is 0 Å². The van der Waals surface area contributed by atoms with E-state index in [-0.39, 0.29) is 0 Å². The minimum absolute atomic E-state index is 0.442. The van der Waals surface area contributed by atoms with Crippen LogP contribution in [0.5, 0.6) is 0 Å². The summed E-state index contributed by atoms with van der Waals surface area (Å²) in [6.45, 7) is 5.68. The van der Waals surface area contributed by atoms with E-state index in [2.05, 4.69) is 23.4 Å². The number of nitriles is 1. The number of nitrogens with one attached hydrogen (secondary N) is 1. The molecular weight excluding hydrogens is 188 g/mol. The molecule has 0 aliphatic rings. The second-order valence-electron chi connectivity index (χ2n) is 3.89. The Labute approximate surface area is 90.9 Å². The molecule has 0 radical (unpaired) electrons. The molecule has 0 amide bonds. The molecule has 0 aromatic carbocycles. The summed E-state index contributed by atoms with van der Waals surface area (Å²) in [5.74, 6) is 0. The zero-order chi connectivity index (χ0) is 11.1. The van der Waals surface area contributed by atoms with Gasteiger partial charge in [-0.2, -0.15) is 10.4 Å². The fourth-order valence-electron chi connectivity index (χ4n) is 1.36. The smallest absolute Gasteiger partial charge is 0.105 e. The van der Waals surface area contributed by atoms with Gasteiger partial charge in [0.15, 0.2) is 0 Å². The Hall–Kier alpha value is -1.34. The number of aryl methyl sites for hydroxylation is 1. The van der Waals surface area contributed by atoms with E-state index in [9.17, 15) is 0 Å². The molecule has 0 fully saturated rings. The quantitative estimate of drug-likeness (QED) is 0.768. The molecule has 0 saturated carbocycles. The van der Waals surface area contributed by atoms with Gasteiger partial charge in [0, 0.05) is 18.9 Å². The number of rotatable bonds is 6. The number of hydrogen-bond acceptors (Lipinski definition) is 3. The molecule has 0 bridgehead atoms. The Balaban J connectivity index is 2.43. The first-order valence-corrected chi connectivity index (χ1v) is 5.34. The Morgan fingerprint density at radius 2 is 2.40 bits per heavy atom. The first-order valence-electron chi connectivity index (χ1n) is 5.34. The summed E-state index contributed by atoms with van der Waals surface area (Å²) >= 11 is 0. The van der Waals surface area contributed by atoms with Crippen LogP contribution in [-0.2, 0) is 6.54 Å². The Morgan fingerprint density at radius 1 is 1.60 bits per heavy atom. The Kier molecular flexibility index (Phi) is 4.32. The number of aromatic nitrogens is 2. The van der Waals surface area contributed by atoms with Gasteiger partial charge >= 0.3 is 0 Å². The first-order chi connectivity index (χ1) is 7.20. The lowest BCUT2D eigenvalue weighted by molar-refractivity contribution is 0.383. The van der Waals surface area contributed by atoms with Gasteiger partial charge < -0.3 is 0 Å². The fraction of sp³-hybridized carbons (Fsp3) is 0.636. The highest BCUT2D eigenvalue weighted by atomic mass is 15.3. The highest BCUT2D eigenvalue weighted by Gasteiger charge is 2.22. The van der Waals surface area contributed by atoms with Crippen LogP contribution in [0.3, 0.4) is 0 Å². The second kappa shape index (κ2) is 5.52. The van der Waals surface area contributed by atoms with Gasteiger partial charge in [-0.15, -0.1) is 0 Å². The van der Waals surface area contributed by atoms with Crippen LogP contribution in [0.15, 0.2) is 18.5 Å². The Morgan fingerprint density at radius 3 is 2.93 bits per heavy atom. The molecule has 82 valence electrons. The predicted octanol–water partition coefficient (Wildman–Crippen LogP) is 1.56. The molecule has 0 spiro atoms. The van der Waals surface area contributed by atoms with E-state index >= 15 is 0 Å². The number of hydrogen-bond donors (Lipinski definition) is 1. The van der Waals surface area contributed by atoms with E-state index in [0.717, 1.165) is 25.9 Å². The largest absolute Gasteiger partial charge is 0.300 e. The van der Waals surface area contributed by atoms with E-state index in [1.54, 1.807) is 6.20 Å². The minimum Gasteiger partial charge on any atom is -0.300 e. The molecule has 4 nitrogen and oxygen atoms in total. The van der Waals surface area contributed by atoms with Crippen LogP contribution in [0.25, 0.3) is 0 Å². The molecule has 1 rings (SSSR count). The second-order valence-corrected chi connectivity index (χ2v) is 3.89. The number of nitrogens with zero attached hydrogens (tertiary/aromatic N) is 3. The minimum atomic E-state index is -0.442. The highest BCUT2D eigenvalue weighted by Crippen LogP contribution is 2.09. The molecule has 0 saturated heterocycles. The molecule has 4 heteroatoms. The van der Waals surface area contributed by atoms with Crippen molar-refractivity contribution in [2.75, 3.05) is 6.54 Å². The average molecular weight is 206 g/mol. The van der Waals surface area contributed by atoms with Crippen molar-refractivity contribution in [3.8, 4) is 6.07 Å². The van der Waals surface area contributed by atoms with Crippen molar-refractivity contribution in [1.29, 1.82) is 5.26 Å². The monoisotopic (exact) mass is 206 g/mol. The van der Waals surface area contributed by atoms with Gasteiger partial charge in [0.1, 0.15) is 5.54 Å². The van der Waals surface area contributed by atoms with Crippen molar-refractivity contribution in [2.45, 2.75) is 38.8 Å². The molecule has 0 aliphatic carbocycles.